The molecule has 204 valence electrons. The van der Waals surface area contributed by atoms with E-state index in [0.717, 1.165) is 29.5 Å². The summed E-state index contributed by atoms with van der Waals surface area (Å²) in [6.07, 6.45) is 2.58. The number of nitrogens with one attached hydrogen (secondary N) is 2. The van der Waals surface area contributed by atoms with Gasteiger partial charge in [-0.25, -0.2) is 8.78 Å². The van der Waals surface area contributed by atoms with E-state index in [-0.39, 0.29) is 47.9 Å². The molecule has 3 aromatic carbocycles. The minimum absolute atomic E-state index is 0.00763. The first kappa shape index (κ1) is 29.6. The molecule has 2 amide bonds. The van der Waals surface area contributed by atoms with Crippen molar-refractivity contribution in [1.29, 1.82) is 0 Å². The lowest BCUT2D eigenvalue weighted by Crippen LogP contribution is -2.25. The van der Waals surface area contributed by atoms with Gasteiger partial charge >= 0.3 is 0 Å². The predicted molar refractivity (Wildman–Crippen MR) is 151 cm³/mol. The van der Waals surface area contributed by atoms with Crippen LogP contribution in [-0.2, 0) is 10.2 Å². The molecule has 0 atom stereocenters. The minimum atomic E-state index is -0.301. The van der Waals surface area contributed by atoms with Crippen LogP contribution in [0.1, 0.15) is 79.4 Å². The SMILES string of the molecule is CC(C)(C)c1ccc(C(=O)NCC#CCNC(=O)CCCCC(c2ccc(F)cc2)c2ccc(F)cc2)cc1. The Hall–Kier alpha value is -3.98. The smallest absolute Gasteiger partial charge is 0.252 e. The normalized spacial score (nSPS) is 11.0. The highest BCUT2D eigenvalue weighted by Crippen LogP contribution is 2.30. The Balaban J connectivity index is 1.37. The van der Waals surface area contributed by atoms with Crippen LogP contribution in [0.5, 0.6) is 0 Å². The first-order valence-electron chi connectivity index (χ1n) is 13.3. The van der Waals surface area contributed by atoms with Gasteiger partial charge in [0, 0.05) is 17.9 Å². The van der Waals surface area contributed by atoms with Crippen LogP contribution in [0.4, 0.5) is 8.78 Å². The minimum Gasteiger partial charge on any atom is -0.345 e. The molecule has 0 bridgehead atoms. The standard InChI is InChI=1S/C33H36F2N2O2/c1-33(2,3)27-16-10-26(11-17-27)32(39)37-23-7-6-22-36-31(38)9-5-4-8-30(24-12-18-28(34)19-13-24)25-14-20-29(35)21-15-25/h10-21,30H,4-5,8-9,22-23H2,1-3H3,(H,36,38)(H,37,39). The molecule has 2 N–H and O–H groups in total. The highest BCUT2D eigenvalue weighted by atomic mass is 19.1. The summed E-state index contributed by atoms with van der Waals surface area (Å²) in [4.78, 5) is 24.5. The molecule has 0 radical (unpaired) electrons. The molecule has 0 aliphatic heterocycles. The van der Waals surface area contributed by atoms with Crippen molar-refractivity contribution in [2.24, 2.45) is 0 Å². The molecule has 0 aliphatic carbocycles. The van der Waals surface area contributed by atoms with Crippen LogP contribution in [0.25, 0.3) is 0 Å². The molecule has 0 aromatic heterocycles. The molecule has 0 saturated heterocycles. The maximum absolute atomic E-state index is 13.4. The number of carbonyl (C=O) groups excluding carboxylic acids is 2. The largest absolute Gasteiger partial charge is 0.345 e. The van der Waals surface area contributed by atoms with Crippen molar-refractivity contribution in [3.05, 3.63) is 107 Å². The van der Waals surface area contributed by atoms with Crippen molar-refractivity contribution in [3.63, 3.8) is 0 Å². The number of unbranched alkanes of at least 4 members (excludes halogenated alkanes) is 1. The number of hydrogen-bond acceptors (Lipinski definition) is 2. The van der Waals surface area contributed by atoms with Gasteiger partial charge in [0.1, 0.15) is 11.6 Å². The van der Waals surface area contributed by atoms with E-state index in [1.807, 2.05) is 24.3 Å². The quantitative estimate of drug-likeness (QED) is 0.232. The van der Waals surface area contributed by atoms with E-state index < -0.39 is 0 Å². The molecule has 0 heterocycles. The van der Waals surface area contributed by atoms with Crippen molar-refractivity contribution < 1.29 is 18.4 Å². The van der Waals surface area contributed by atoms with Crippen LogP contribution < -0.4 is 10.6 Å². The van der Waals surface area contributed by atoms with Crippen LogP contribution >= 0.6 is 0 Å². The maximum atomic E-state index is 13.4. The molecule has 3 aromatic rings. The third-order valence-corrected chi connectivity index (χ3v) is 6.54. The molecule has 0 saturated carbocycles. The fraction of sp³-hybridized carbons (Fsp3) is 0.333. The maximum Gasteiger partial charge on any atom is 0.252 e. The Morgan fingerprint density at radius 2 is 1.26 bits per heavy atom. The van der Waals surface area contributed by atoms with Crippen molar-refractivity contribution >= 4 is 11.8 Å². The van der Waals surface area contributed by atoms with Gasteiger partial charge in [0.05, 0.1) is 13.1 Å². The van der Waals surface area contributed by atoms with Gasteiger partial charge in [-0.15, -0.1) is 0 Å². The van der Waals surface area contributed by atoms with Crippen LogP contribution in [-0.4, -0.2) is 24.9 Å². The van der Waals surface area contributed by atoms with E-state index in [1.54, 1.807) is 24.3 Å². The second-order valence-electron chi connectivity index (χ2n) is 10.5. The Morgan fingerprint density at radius 3 is 1.77 bits per heavy atom. The van der Waals surface area contributed by atoms with Crippen molar-refractivity contribution in [1.82, 2.24) is 10.6 Å². The van der Waals surface area contributed by atoms with Gasteiger partial charge in [-0.1, -0.05) is 75.4 Å². The average molecular weight is 531 g/mol. The van der Waals surface area contributed by atoms with Gasteiger partial charge in [-0.05, 0) is 71.3 Å². The summed E-state index contributed by atoms with van der Waals surface area (Å²) in [5.41, 5.74) is 3.68. The van der Waals surface area contributed by atoms with Crippen molar-refractivity contribution in [2.45, 2.75) is 57.8 Å². The van der Waals surface area contributed by atoms with E-state index >= 15 is 0 Å². The number of rotatable bonds is 10. The zero-order chi connectivity index (χ0) is 28.3. The van der Waals surface area contributed by atoms with Gasteiger partial charge < -0.3 is 10.6 Å². The van der Waals surface area contributed by atoms with Gasteiger partial charge in [-0.2, -0.15) is 0 Å². The van der Waals surface area contributed by atoms with Crippen LogP contribution in [0, 0.1) is 23.5 Å². The molecule has 0 fully saturated rings. The number of amides is 2. The first-order chi connectivity index (χ1) is 18.6. The Morgan fingerprint density at radius 1 is 0.744 bits per heavy atom. The molecule has 0 spiro atoms. The zero-order valence-corrected chi connectivity index (χ0v) is 22.8. The number of carbonyl (C=O) groups is 2. The summed E-state index contributed by atoms with van der Waals surface area (Å²) < 4.78 is 26.8. The van der Waals surface area contributed by atoms with Gasteiger partial charge in [0.2, 0.25) is 5.91 Å². The molecule has 0 aliphatic rings. The second kappa shape index (κ2) is 14.2. The lowest BCUT2D eigenvalue weighted by Gasteiger charge is -2.18. The zero-order valence-electron chi connectivity index (χ0n) is 22.8. The molecular weight excluding hydrogens is 494 g/mol. The molecule has 39 heavy (non-hydrogen) atoms. The Kier molecular flexibility index (Phi) is 10.8. The third kappa shape index (κ3) is 9.68. The van der Waals surface area contributed by atoms with Crippen LogP contribution in [0.3, 0.4) is 0 Å². The van der Waals surface area contributed by atoms with E-state index in [9.17, 15) is 18.4 Å². The number of halogens is 2. The van der Waals surface area contributed by atoms with Crippen molar-refractivity contribution in [2.75, 3.05) is 13.1 Å². The average Bonchev–Trinajstić information content (AvgIpc) is 2.91. The van der Waals surface area contributed by atoms with Crippen LogP contribution in [0.15, 0.2) is 72.8 Å². The topological polar surface area (TPSA) is 58.2 Å². The summed E-state index contributed by atoms with van der Waals surface area (Å²) in [5.74, 6) is 4.82. The first-order valence-corrected chi connectivity index (χ1v) is 13.3. The summed E-state index contributed by atoms with van der Waals surface area (Å²) >= 11 is 0. The van der Waals surface area contributed by atoms with Gasteiger partial charge in [0.25, 0.3) is 5.91 Å². The van der Waals surface area contributed by atoms with E-state index in [2.05, 4.69) is 43.2 Å². The lowest BCUT2D eigenvalue weighted by atomic mass is 9.87. The summed E-state index contributed by atoms with van der Waals surface area (Å²) in [6.45, 7) is 6.78. The highest BCUT2D eigenvalue weighted by molar-refractivity contribution is 5.94. The van der Waals surface area contributed by atoms with E-state index in [1.165, 1.54) is 24.3 Å². The fourth-order valence-electron chi connectivity index (χ4n) is 4.25. The third-order valence-electron chi connectivity index (χ3n) is 6.54. The van der Waals surface area contributed by atoms with Gasteiger partial charge in [-0.3, -0.25) is 9.59 Å². The number of benzene rings is 3. The van der Waals surface area contributed by atoms with Crippen LogP contribution in [0.2, 0.25) is 0 Å². The Bertz CT molecular complexity index is 1240. The summed E-state index contributed by atoms with van der Waals surface area (Å²) in [7, 11) is 0. The molecular formula is C33H36F2N2O2. The molecule has 6 heteroatoms. The number of hydrogen-bond donors (Lipinski definition) is 2. The molecule has 3 rings (SSSR count). The monoisotopic (exact) mass is 530 g/mol. The fourth-order valence-corrected chi connectivity index (χ4v) is 4.25. The van der Waals surface area contributed by atoms with E-state index in [4.69, 9.17) is 0 Å². The molecule has 4 nitrogen and oxygen atoms in total. The van der Waals surface area contributed by atoms with Crippen molar-refractivity contribution in [3.8, 4) is 11.8 Å². The summed E-state index contributed by atoms with van der Waals surface area (Å²) in [5, 5.41) is 5.54. The predicted octanol–water partition coefficient (Wildman–Crippen LogP) is 6.50. The Labute approximate surface area is 230 Å². The lowest BCUT2D eigenvalue weighted by molar-refractivity contribution is -0.120. The molecule has 0 unspecified atom stereocenters. The summed E-state index contributed by atoms with van der Waals surface area (Å²) in [6, 6.07) is 20.2. The van der Waals surface area contributed by atoms with Gasteiger partial charge in [0.15, 0.2) is 0 Å². The van der Waals surface area contributed by atoms with E-state index in [0.29, 0.717) is 18.4 Å². The second-order valence-corrected chi connectivity index (χ2v) is 10.5. The highest BCUT2D eigenvalue weighted by Gasteiger charge is 2.15.